The number of aromatic nitrogens is 3. The Morgan fingerprint density at radius 1 is 1.40 bits per heavy atom. The minimum atomic E-state index is 0.0134. The van der Waals surface area contributed by atoms with E-state index in [1.807, 2.05) is 11.6 Å². The van der Waals surface area contributed by atoms with Gasteiger partial charge in [0.25, 0.3) is 0 Å². The Hall–Kier alpha value is -1.69. The molecule has 6 heteroatoms. The number of hydrogen-bond acceptors (Lipinski definition) is 5. The van der Waals surface area contributed by atoms with Gasteiger partial charge >= 0.3 is 0 Å². The standard InChI is InChI=1S/C9H10N4OS/c1-10-9-12-11-8(15-9)6-13-4-2-7(14)3-5-13/h2-5H,6H2,1H3,(H,10,12). The number of nitrogens with zero attached hydrogens (tertiary/aromatic N) is 3. The Balaban J connectivity index is 2.14. The van der Waals surface area contributed by atoms with Crippen LogP contribution >= 0.6 is 11.3 Å². The zero-order chi connectivity index (χ0) is 10.7. The molecule has 0 amide bonds. The van der Waals surface area contributed by atoms with Crippen molar-refractivity contribution in [1.82, 2.24) is 14.8 Å². The van der Waals surface area contributed by atoms with Crippen molar-refractivity contribution in [3.8, 4) is 0 Å². The second kappa shape index (κ2) is 4.22. The molecule has 0 spiro atoms. The summed E-state index contributed by atoms with van der Waals surface area (Å²) in [6.07, 6.45) is 3.48. The molecule has 78 valence electrons. The highest BCUT2D eigenvalue weighted by atomic mass is 32.1. The molecule has 0 radical (unpaired) electrons. The number of pyridine rings is 1. The Labute approximate surface area is 90.4 Å². The van der Waals surface area contributed by atoms with Gasteiger partial charge in [0, 0.05) is 31.6 Å². The van der Waals surface area contributed by atoms with Crippen LogP contribution in [0.3, 0.4) is 0 Å². The highest BCUT2D eigenvalue weighted by molar-refractivity contribution is 7.15. The van der Waals surface area contributed by atoms with E-state index in [0.717, 1.165) is 10.1 Å². The van der Waals surface area contributed by atoms with Crippen molar-refractivity contribution >= 4 is 16.5 Å². The molecule has 0 aliphatic heterocycles. The Morgan fingerprint density at radius 2 is 2.13 bits per heavy atom. The highest BCUT2D eigenvalue weighted by Crippen LogP contribution is 2.14. The van der Waals surface area contributed by atoms with Crippen molar-refractivity contribution in [2.75, 3.05) is 12.4 Å². The Bertz CT molecular complexity index is 484. The molecule has 0 unspecified atom stereocenters. The molecule has 0 atom stereocenters. The van der Waals surface area contributed by atoms with Crippen molar-refractivity contribution in [1.29, 1.82) is 0 Å². The largest absolute Gasteiger partial charge is 0.363 e. The molecule has 0 bridgehead atoms. The van der Waals surface area contributed by atoms with Crippen LogP contribution in [0.4, 0.5) is 5.13 Å². The van der Waals surface area contributed by atoms with Gasteiger partial charge in [0.2, 0.25) is 5.13 Å². The number of rotatable bonds is 3. The second-order valence-electron chi connectivity index (χ2n) is 2.96. The van der Waals surface area contributed by atoms with Crippen molar-refractivity contribution in [2.45, 2.75) is 6.54 Å². The van der Waals surface area contributed by atoms with E-state index < -0.39 is 0 Å². The van der Waals surface area contributed by atoms with Crippen molar-refractivity contribution < 1.29 is 0 Å². The van der Waals surface area contributed by atoms with E-state index in [0.29, 0.717) is 6.54 Å². The van der Waals surface area contributed by atoms with E-state index in [1.165, 1.54) is 23.5 Å². The third-order valence-electron chi connectivity index (χ3n) is 1.86. The van der Waals surface area contributed by atoms with Crippen LogP contribution in [0.2, 0.25) is 0 Å². The third-order valence-corrected chi connectivity index (χ3v) is 2.78. The summed E-state index contributed by atoms with van der Waals surface area (Å²) in [5.41, 5.74) is 0.0134. The van der Waals surface area contributed by atoms with Gasteiger partial charge in [-0.25, -0.2) is 0 Å². The number of hydrogen-bond donors (Lipinski definition) is 1. The monoisotopic (exact) mass is 222 g/mol. The van der Waals surface area contributed by atoms with Gasteiger partial charge in [-0.1, -0.05) is 11.3 Å². The molecule has 2 aromatic heterocycles. The van der Waals surface area contributed by atoms with E-state index in [4.69, 9.17) is 0 Å². The highest BCUT2D eigenvalue weighted by Gasteiger charge is 2.01. The van der Waals surface area contributed by atoms with Crippen LogP contribution in [-0.4, -0.2) is 21.8 Å². The zero-order valence-electron chi connectivity index (χ0n) is 8.17. The summed E-state index contributed by atoms with van der Waals surface area (Å²) in [6, 6.07) is 3.06. The maximum atomic E-state index is 10.9. The average molecular weight is 222 g/mol. The molecule has 1 N–H and O–H groups in total. The second-order valence-corrected chi connectivity index (χ2v) is 4.02. The quantitative estimate of drug-likeness (QED) is 0.834. The summed E-state index contributed by atoms with van der Waals surface area (Å²) in [5.74, 6) is 0. The molecule has 0 aliphatic rings. The Kier molecular flexibility index (Phi) is 2.77. The van der Waals surface area contributed by atoms with Gasteiger partial charge in [-0.05, 0) is 0 Å². The van der Waals surface area contributed by atoms with E-state index in [2.05, 4.69) is 15.5 Å². The molecule has 2 rings (SSSR count). The Morgan fingerprint density at radius 3 is 2.73 bits per heavy atom. The predicted octanol–water partition coefficient (Wildman–Crippen LogP) is 0.790. The molecule has 15 heavy (non-hydrogen) atoms. The van der Waals surface area contributed by atoms with Gasteiger partial charge in [0.05, 0.1) is 6.54 Å². The minimum Gasteiger partial charge on any atom is -0.363 e. The van der Waals surface area contributed by atoms with Crippen molar-refractivity contribution in [3.63, 3.8) is 0 Å². The first-order valence-electron chi connectivity index (χ1n) is 4.44. The molecule has 2 heterocycles. The first-order chi connectivity index (χ1) is 7.28. The van der Waals surface area contributed by atoms with E-state index in [1.54, 1.807) is 12.4 Å². The molecular weight excluding hydrogens is 212 g/mol. The van der Waals surface area contributed by atoms with Crippen LogP contribution < -0.4 is 10.7 Å². The lowest BCUT2D eigenvalue weighted by Gasteiger charge is -2.00. The lowest BCUT2D eigenvalue weighted by atomic mass is 10.4. The lowest BCUT2D eigenvalue weighted by molar-refractivity contribution is 0.770. The van der Waals surface area contributed by atoms with Crippen LogP contribution in [0.15, 0.2) is 29.3 Å². The zero-order valence-corrected chi connectivity index (χ0v) is 8.99. The van der Waals surface area contributed by atoms with E-state index >= 15 is 0 Å². The summed E-state index contributed by atoms with van der Waals surface area (Å²) in [6.45, 7) is 0.639. The van der Waals surface area contributed by atoms with Crippen LogP contribution in [0.25, 0.3) is 0 Å². The first-order valence-corrected chi connectivity index (χ1v) is 5.26. The van der Waals surface area contributed by atoms with Crippen LogP contribution in [0.5, 0.6) is 0 Å². The van der Waals surface area contributed by atoms with Gasteiger partial charge in [-0.2, -0.15) is 0 Å². The van der Waals surface area contributed by atoms with Gasteiger partial charge in [-0.3, -0.25) is 4.79 Å². The fourth-order valence-corrected chi connectivity index (χ4v) is 1.83. The summed E-state index contributed by atoms with van der Waals surface area (Å²) in [7, 11) is 1.81. The van der Waals surface area contributed by atoms with Gasteiger partial charge < -0.3 is 9.88 Å². The molecule has 0 saturated carbocycles. The minimum absolute atomic E-state index is 0.0134. The number of nitrogens with one attached hydrogen (secondary N) is 1. The average Bonchev–Trinajstić information content (AvgIpc) is 2.69. The normalized spacial score (nSPS) is 10.2. The molecule has 0 aromatic carbocycles. The molecule has 0 saturated heterocycles. The molecule has 0 aliphatic carbocycles. The van der Waals surface area contributed by atoms with Crippen LogP contribution in [0, 0.1) is 0 Å². The summed E-state index contributed by atoms with van der Waals surface area (Å²) < 4.78 is 1.89. The molecular formula is C9H10N4OS. The maximum absolute atomic E-state index is 10.9. The fraction of sp³-hybridized carbons (Fsp3) is 0.222. The number of anilines is 1. The first kappa shape index (κ1) is 9.85. The smallest absolute Gasteiger partial charge is 0.205 e. The van der Waals surface area contributed by atoms with Gasteiger partial charge in [0.15, 0.2) is 5.43 Å². The molecule has 0 fully saturated rings. The topological polar surface area (TPSA) is 59.8 Å². The predicted molar refractivity (Wildman–Crippen MR) is 59.3 cm³/mol. The van der Waals surface area contributed by atoms with E-state index in [-0.39, 0.29) is 5.43 Å². The lowest BCUT2D eigenvalue weighted by Crippen LogP contribution is -2.04. The maximum Gasteiger partial charge on any atom is 0.205 e. The summed E-state index contributed by atoms with van der Waals surface area (Å²) in [4.78, 5) is 10.9. The third kappa shape index (κ3) is 2.41. The van der Waals surface area contributed by atoms with Crippen LogP contribution in [-0.2, 0) is 6.54 Å². The van der Waals surface area contributed by atoms with E-state index in [9.17, 15) is 4.79 Å². The van der Waals surface area contributed by atoms with Gasteiger partial charge in [0.1, 0.15) is 5.01 Å². The summed E-state index contributed by atoms with van der Waals surface area (Å²) in [5, 5.41) is 12.6. The van der Waals surface area contributed by atoms with Crippen LogP contribution in [0.1, 0.15) is 5.01 Å². The van der Waals surface area contributed by atoms with Gasteiger partial charge in [-0.15, -0.1) is 10.2 Å². The fourth-order valence-electron chi connectivity index (χ4n) is 1.12. The molecule has 2 aromatic rings. The van der Waals surface area contributed by atoms with Crippen molar-refractivity contribution in [3.05, 3.63) is 39.8 Å². The molecule has 5 nitrogen and oxygen atoms in total. The van der Waals surface area contributed by atoms with Crippen molar-refractivity contribution in [2.24, 2.45) is 0 Å². The SMILES string of the molecule is CNc1nnc(Cn2ccc(=O)cc2)s1. The summed E-state index contributed by atoms with van der Waals surface area (Å²) >= 11 is 1.50.